The zero-order valence-electron chi connectivity index (χ0n) is 21.4. The van der Waals surface area contributed by atoms with Crippen molar-refractivity contribution in [2.24, 2.45) is 5.16 Å². The molecule has 2 heterocycles. The Bertz CT molecular complexity index is 893. The fourth-order valence-electron chi connectivity index (χ4n) is 4.80. The van der Waals surface area contributed by atoms with Gasteiger partial charge in [0.2, 0.25) is 0 Å². The lowest BCUT2D eigenvalue weighted by molar-refractivity contribution is -0.137. The van der Waals surface area contributed by atoms with E-state index in [1.54, 1.807) is 6.07 Å². The highest BCUT2D eigenvalue weighted by molar-refractivity contribution is 6.33. The van der Waals surface area contributed by atoms with Gasteiger partial charge in [-0.25, -0.2) is 0 Å². The number of halogens is 1. The summed E-state index contributed by atoms with van der Waals surface area (Å²) >= 11 is 6.61. The maximum absolute atomic E-state index is 12.5. The van der Waals surface area contributed by atoms with Gasteiger partial charge in [0.25, 0.3) is 5.91 Å². The molecule has 1 fully saturated rings. The fourth-order valence-corrected chi connectivity index (χ4v) is 5.03. The molecule has 0 aliphatic carbocycles. The lowest BCUT2D eigenvalue weighted by Gasteiger charge is -2.26. The third-order valence-electron chi connectivity index (χ3n) is 6.88. The molecular formula is C28H41ClN2O4. The van der Waals surface area contributed by atoms with Crippen LogP contribution in [0.2, 0.25) is 5.02 Å². The molecule has 6 nitrogen and oxygen atoms in total. The van der Waals surface area contributed by atoms with Crippen molar-refractivity contribution in [2.75, 3.05) is 19.7 Å². The number of piperidine rings is 1. The van der Waals surface area contributed by atoms with Crippen molar-refractivity contribution < 1.29 is 19.5 Å². The number of carbonyl (C=O) groups excluding carboxylic acids is 1. The summed E-state index contributed by atoms with van der Waals surface area (Å²) in [5, 5.41) is 15.2. The van der Waals surface area contributed by atoms with Crippen LogP contribution in [0.1, 0.15) is 87.8 Å². The van der Waals surface area contributed by atoms with Crippen LogP contribution in [0.25, 0.3) is 0 Å². The molecule has 3 rings (SSSR count). The number of amides is 1. The number of likely N-dealkylation sites (tertiary alicyclic amines) is 1. The molecule has 0 spiro atoms. The summed E-state index contributed by atoms with van der Waals surface area (Å²) in [6.45, 7) is 6.13. The highest BCUT2D eigenvalue weighted by atomic mass is 35.5. The van der Waals surface area contributed by atoms with Gasteiger partial charge in [0, 0.05) is 19.5 Å². The molecule has 2 aliphatic rings. The molecule has 1 unspecified atom stereocenters. The maximum Gasteiger partial charge on any atom is 0.263 e. The first-order valence-electron chi connectivity index (χ1n) is 13.2. The minimum absolute atomic E-state index is 0.0117. The molecule has 1 aromatic rings. The number of rotatable bonds is 5. The van der Waals surface area contributed by atoms with Crippen molar-refractivity contribution in [1.29, 1.82) is 0 Å². The van der Waals surface area contributed by atoms with Gasteiger partial charge in [0.15, 0.2) is 6.61 Å². The summed E-state index contributed by atoms with van der Waals surface area (Å²) in [5.74, 6) is 0.0555. The second-order valence-electron chi connectivity index (χ2n) is 9.71. The Morgan fingerprint density at radius 1 is 1.20 bits per heavy atom. The first-order chi connectivity index (χ1) is 17.0. The predicted molar refractivity (Wildman–Crippen MR) is 141 cm³/mol. The predicted octanol–water partition coefficient (Wildman–Crippen LogP) is 6.49. The average molecular weight is 505 g/mol. The number of fused-ring (bicyclic) bond motifs is 1. The van der Waals surface area contributed by atoms with Gasteiger partial charge >= 0.3 is 0 Å². The molecule has 7 heteroatoms. The van der Waals surface area contributed by atoms with Crippen molar-refractivity contribution in [3.05, 3.63) is 39.9 Å². The molecule has 1 N–H and O–H groups in total. The van der Waals surface area contributed by atoms with Crippen LogP contribution in [-0.4, -0.2) is 47.4 Å². The van der Waals surface area contributed by atoms with Crippen LogP contribution in [0.3, 0.4) is 0 Å². The van der Waals surface area contributed by atoms with Crippen LogP contribution in [0.15, 0.2) is 23.4 Å². The van der Waals surface area contributed by atoms with Gasteiger partial charge in [-0.2, -0.15) is 0 Å². The summed E-state index contributed by atoms with van der Waals surface area (Å²) in [4.78, 5) is 19.9. The molecular weight excluding hydrogens is 464 g/mol. The molecule has 0 bridgehead atoms. The van der Waals surface area contributed by atoms with Gasteiger partial charge < -0.3 is 19.6 Å². The molecule has 194 valence electrons. The van der Waals surface area contributed by atoms with Crippen LogP contribution in [0.4, 0.5) is 0 Å². The van der Waals surface area contributed by atoms with E-state index in [9.17, 15) is 9.90 Å². The van der Waals surface area contributed by atoms with E-state index in [0.29, 0.717) is 18.1 Å². The number of aryl methyl sites for hydroxylation is 1. The number of phenolic OH excluding ortho intramolecular Hbond substituents is 1. The summed E-state index contributed by atoms with van der Waals surface area (Å²) in [6.07, 6.45) is 15.1. The van der Waals surface area contributed by atoms with Crippen LogP contribution in [0, 0.1) is 6.92 Å². The summed E-state index contributed by atoms with van der Waals surface area (Å²) < 4.78 is 6.33. The Labute approximate surface area is 215 Å². The van der Waals surface area contributed by atoms with E-state index in [0.717, 1.165) is 93.3 Å². The topological polar surface area (TPSA) is 71.4 Å². The summed E-state index contributed by atoms with van der Waals surface area (Å²) in [6, 6.07) is 1.70. The summed E-state index contributed by atoms with van der Waals surface area (Å²) in [5.41, 5.74) is 3.60. The standard InChI is InChI=1S/C28H41ClN2O4/c1-3-12-23-14-9-6-4-5-8-13-22(30-35-20-27(33)31-15-10-7-11-16-31)18-24-25(19-34-23)21(2)17-26(32)28(24)29/h6,9,17,23,32H,3-5,7-8,10-16,18-20H2,1-2H3/b9-6+,30-22-. The van der Waals surface area contributed by atoms with Crippen LogP contribution < -0.4 is 0 Å². The number of hydrogen-bond acceptors (Lipinski definition) is 5. The van der Waals surface area contributed by atoms with Crippen molar-refractivity contribution in [3.8, 4) is 5.75 Å². The van der Waals surface area contributed by atoms with Crippen molar-refractivity contribution in [3.63, 3.8) is 0 Å². The number of allylic oxidation sites excluding steroid dienone is 1. The third-order valence-corrected chi connectivity index (χ3v) is 7.30. The minimum atomic E-state index is -0.0479. The Hall–Kier alpha value is -2.05. The van der Waals surface area contributed by atoms with Gasteiger partial charge in [-0.15, -0.1) is 0 Å². The zero-order valence-corrected chi connectivity index (χ0v) is 22.1. The van der Waals surface area contributed by atoms with Crippen LogP contribution in [0.5, 0.6) is 5.75 Å². The lowest BCUT2D eigenvalue weighted by atomic mass is 9.95. The highest BCUT2D eigenvalue weighted by Gasteiger charge is 2.20. The molecule has 0 aromatic heterocycles. The molecule has 1 atom stereocenters. The largest absolute Gasteiger partial charge is 0.506 e. The smallest absolute Gasteiger partial charge is 0.263 e. The number of oxime groups is 1. The lowest BCUT2D eigenvalue weighted by Crippen LogP contribution is -2.37. The Kier molecular flexibility index (Phi) is 11.4. The zero-order chi connectivity index (χ0) is 25.0. The molecule has 1 saturated heterocycles. The number of aromatic hydroxyl groups is 1. The number of phenols is 1. The van der Waals surface area contributed by atoms with E-state index in [1.165, 1.54) is 6.42 Å². The highest BCUT2D eigenvalue weighted by Crippen LogP contribution is 2.34. The number of benzene rings is 1. The number of ether oxygens (including phenoxy) is 1. The van der Waals surface area contributed by atoms with Gasteiger partial charge in [-0.3, -0.25) is 4.79 Å². The van der Waals surface area contributed by atoms with Crippen molar-refractivity contribution >= 4 is 23.2 Å². The first kappa shape index (κ1) is 27.5. The number of carbonyl (C=O) groups is 1. The molecule has 0 radical (unpaired) electrons. The third kappa shape index (κ3) is 8.53. The minimum Gasteiger partial charge on any atom is -0.506 e. The first-order valence-corrected chi connectivity index (χ1v) is 13.6. The molecule has 35 heavy (non-hydrogen) atoms. The number of hydrogen-bond donors (Lipinski definition) is 1. The molecule has 2 aliphatic heterocycles. The Morgan fingerprint density at radius 2 is 2.00 bits per heavy atom. The molecule has 1 aromatic carbocycles. The van der Waals surface area contributed by atoms with E-state index in [4.69, 9.17) is 21.2 Å². The van der Waals surface area contributed by atoms with Gasteiger partial charge in [-0.05, 0) is 87.5 Å². The summed E-state index contributed by atoms with van der Waals surface area (Å²) in [7, 11) is 0. The number of nitrogens with zero attached hydrogens (tertiary/aromatic N) is 2. The van der Waals surface area contributed by atoms with E-state index >= 15 is 0 Å². The van der Waals surface area contributed by atoms with Crippen molar-refractivity contribution in [2.45, 2.75) is 97.2 Å². The fraction of sp³-hybridized carbons (Fsp3) is 0.643. The monoisotopic (exact) mass is 504 g/mol. The van der Waals surface area contributed by atoms with E-state index in [-0.39, 0.29) is 24.4 Å². The van der Waals surface area contributed by atoms with Gasteiger partial charge in [-0.1, -0.05) is 42.3 Å². The average Bonchev–Trinajstić information content (AvgIpc) is 2.85. The van der Waals surface area contributed by atoms with Crippen LogP contribution >= 0.6 is 11.6 Å². The quantitative estimate of drug-likeness (QED) is 0.367. The second-order valence-corrected chi connectivity index (χ2v) is 10.1. The molecule has 0 saturated carbocycles. The van der Waals surface area contributed by atoms with E-state index < -0.39 is 0 Å². The van der Waals surface area contributed by atoms with E-state index in [2.05, 4.69) is 24.2 Å². The molecule has 1 amide bonds. The van der Waals surface area contributed by atoms with Gasteiger partial charge in [0.1, 0.15) is 5.75 Å². The van der Waals surface area contributed by atoms with Crippen LogP contribution in [-0.2, 0) is 27.4 Å². The maximum atomic E-state index is 12.5. The van der Waals surface area contributed by atoms with E-state index in [1.807, 2.05) is 11.8 Å². The SMILES string of the molecule is CCCC1C/C=C/CCCC/C(=N/OCC(=O)N2CCCCC2)Cc2c(Cl)c(O)cc(C)c2CO1. The normalized spacial score (nSPS) is 22.3. The van der Waals surface area contributed by atoms with Crippen molar-refractivity contribution in [1.82, 2.24) is 4.90 Å². The Balaban J connectivity index is 1.80. The van der Waals surface area contributed by atoms with Gasteiger partial charge in [0.05, 0.1) is 23.4 Å². The Morgan fingerprint density at radius 3 is 2.77 bits per heavy atom. The second kappa shape index (κ2) is 14.5.